The van der Waals surface area contributed by atoms with Crippen LogP contribution < -0.4 is 5.32 Å². The summed E-state index contributed by atoms with van der Waals surface area (Å²) >= 11 is 0. The SMILES string of the molecule is CC(C)C(C)Nc1ccnc(C#N)c1. The zero-order valence-corrected chi connectivity index (χ0v) is 8.78. The summed E-state index contributed by atoms with van der Waals surface area (Å²) in [6, 6.07) is 6.05. The smallest absolute Gasteiger partial charge is 0.142 e. The number of nitrogens with zero attached hydrogens (tertiary/aromatic N) is 2. The van der Waals surface area contributed by atoms with E-state index in [4.69, 9.17) is 5.26 Å². The maximum absolute atomic E-state index is 8.67. The van der Waals surface area contributed by atoms with E-state index in [1.54, 1.807) is 12.3 Å². The highest BCUT2D eigenvalue weighted by atomic mass is 14.9. The van der Waals surface area contributed by atoms with E-state index < -0.39 is 0 Å². The molecule has 0 aliphatic rings. The van der Waals surface area contributed by atoms with E-state index >= 15 is 0 Å². The number of nitriles is 1. The van der Waals surface area contributed by atoms with Gasteiger partial charge in [-0.25, -0.2) is 4.98 Å². The van der Waals surface area contributed by atoms with Crippen molar-refractivity contribution in [2.75, 3.05) is 5.32 Å². The molecule has 1 atom stereocenters. The topological polar surface area (TPSA) is 48.7 Å². The molecule has 0 saturated heterocycles. The molecule has 1 unspecified atom stereocenters. The van der Waals surface area contributed by atoms with Gasteiger partial charge in [0, 0.05) is 17.9 Å². The molecule has 0 radical (unpaired) electrons. The van der Waals surface area contributed by atoms with Gasteiger partial charge in [0.2, 0.25) is 0 Å². The van der Waals surface area contributed by atoms with E-state index in [0.29, 0.717) is 17.7 Å². The first-order chi connectivity index (χ1) is 6.63. The fourth-order valence-corrected chi connectivity index (χ4v) is 1.01. The van der Waals surface area contributed by atoms with Crippen LogP contribution in [0.25, 0.3) is 0 Å². The molecule has 3 nitrogen and oxygen atoms in total. The van der Waals surface area contributed by atoms with Crippen LogP contribution in [0.1, 0.15) is 26.5 Å². The van der Waals surface area contributed by atoms with Crippen LogP contribution in [0.15, 0.2) is 18.3 Å². The maximum atomic E-state index is 8.67. The van der Waals surface area contributed by atoms with Crippen molar-refractivity contribution in [2.24, 2.45) is 5.92 Å². The zero-order chi connectivity index (χ0) is 10.6. The van der Waals surface area contributed by atoms with Gasteiger partial charge in [-0.1, -0.05) is 13.8 Å². The Kier molecular flexibility index (Phi) is 3.47. The van der Waals surface area contributed by atoms with Crippen LogP contribution in [0.4, 0.5) is 5.69 Å². The van der Waals surface area contributed by atoms with E-state index in [1.165, 1.54) is 0 Å². The van der Waals surface area contributed by atoms with Gasteiger partial charge in [-0.15, -0.1) is 0 Å². The van der Waals surface area contributed by atoms with Crippen LogP contribution >= 0.6 is 0 Å². The van der Waals surface area contributed by atoms with Gasteiger partial charge in [0.25, 0.3) is 0 Å². The lowest BCUT2D eigenvalue weighted by Crippen LogP contribution is -2.21. The molecule has 1 aromatic rings. The van der Waals surface area contributed by atoms with E-state index in [-0.39, 0.29) is 0 Å². The molecule has 0 saturated carbocycles. The Labute approximate surface area is 84.8 Å². The molecular weight excluding hydrogens is 174 g/mol. The predicted molar refractivity (Wildman–Crippen MR) is 56.9 cm³/mol. The van der Waals surface area contributed by atoms with E-state index in [9.17, 15) is 0 Å². The van der Waals surface area contributed by atoms with Gasteiger partial charge in [-0.05, 0) is 25.0 Å². The van der Waals surface area contributed by atoms with Gasteiger partial charge in [0.15, 0.2) is 0 Å². The molecule has 14 heavy (non-hydrogen) atoms. The number of pyridine rings is 1. The second kappa shape index (κ2) is 4.61. The lowest BCUT2D eigenvalue weighted by atomic mass is 10.1. The monoisotopic (exact) mass is 189 g/mol. The Morgan fingerprint density at radius 1 is 1.43 bits per heavy atom. The average Bonchev–Trinajstić information content (AvgIpc) is 2.18. The Morgan fingerprint density at radius 3 is 2.71 bits per heavy atom. The average molecular weight is 189 g/mol. The van der Waals surface area contributed by atoms with Crippen molar-refractivity contribution in [1.82, 2.24) is 4.98 Å². The van der Waals surface area contributed by atoms with Crippen molar-refractivity contribution in [3.8, 4) is 6.07 Å². The molecule has 1 N–H and O–H groups in total. The molecule has 0 aliphatic heterocycles. The molecule has 0 bridgehead atoms. The number of aromatic nitrogens is 1. The molecule has 74 valence electrons. The Bertz CT molecular complexity index is 339. The van der Waals surface area contributed by atoms with Gasteiger partial charge in [-0.2, -0.15) is 5.26 Å². The predicted octanol–water partition coefficient (Wildman–Crippen LogP) is 2.41. The van der Waals surface area contributed by atoms with Gasteiger partial charge in [-0.3, -0.25) is 0 Å². The molecule has 0 aliphatic carbocycles. The van der Waals surface area contributed by atoms with E-state index in [0.717, 1.165) is 5.69 Å². The normalized spacial score (nSPS) is 12.2. The van der Waals surface area contributed by atoms with Gasteiger partial charge < -0.3 is 5.32 Å². The number of rotatable bonds is 3. The number of nitrogens with one attached hydrogen (secondary N) is 1. The summed E-state index contributed by atoms with van der Waals surface area (Å²) in [6.07, 6.45) is 1.65. The first-order valence-corrected chi connectivity index (χ1v) is 4.76. The summed E-state index contributed by atoms with van der Waals surface area (Å²) in [7, 11) is 0. The van der Waals surface area contributed by atoms with Crippen LogP contribution in [0.2, 0.25) is 0 Å². The summed E-state index contributed by atoms with van der Waals surface area (Å²) in [5.41, 5.74) is 1.41. The van der Waals surface area contributed by atoms with Gasteiger partial charge in [0.1, 0.15) is 11.8 Å². The number of anilines is 1. The molecule has 3 heteroatoms. The lowest BCUT2D eigenvalue weighted by molar-refractivity contribution is 0.560. The molecule has 1 rings (SSSR count). The van der Waals surface area contributed by atoms with Crippen molar-refractivity contribution in [3.05, 3.63) is 24.0 Å². The quantitative estimate of drug-likeness (QED) is 0.794. The Hall–Kier alpha value is -1.56. The maximum Gasteiger partial charge on any atom is 0.142 e. The minimum Gasteiger partial charge on any atom is -0.382 e. The summed E-state index contributed by atoms with van der Waals surface area (Å²) in [4.78, 5) is 3.91. The minimum atomic E-state index is 0.393. The molecule has 0 spiro atoms. The largest absolute Gasteiger partial charge is 0.382 e. The summed E-state index contributed by atoms with van der Waals surface area (Å²) in [5.74, 6) is 0.564. The summed E-state index contributed by atoms with van der Waals surface area (Å²) < 4.78 is 0. The molecule has 0 aromatic carbocycles. The third-order valence-electron chi connectivity index (χ3n) is 2.27. The highest BCUT2D eigenvalue weighted by Gasteiger charge is 2.06. The molecular formula is C11H15N3. The molecule has 1 heterocycles. The van der Waals surface area contributed by atoms with Crippen molar-refractivity contribution in [3.63, 3.8) is 0 Å². The first-order valence-electron chi connectivity index (χ1n) is 4.76. The van der Waals surface area contributed by atoms with Crippen molar-refractivity contribution < 1.29 is 0 Å². The van der Waals surface area contributed by atoms with Crippen LogP contribution in [0, 0.1) is 17.2 Å². The molecule has 0 amide bonds. The standard InChI is InChI=1S/C11H15N3/c1-8(2)9(3)14-10-4-5-13-11(6-10)7-12/h4-6,8-9H,1-3H3,(H,13,14). The van der Waals surface area contributed by atoms with Gasteiger partial charge in [0.05, 0.1) is 0 Å². The summed E-state index contributed by atoms with van der Waals surface area (Å²) in [6.45, 7) is 6.44. The van der Waals surface area contributed by atoms with E-state index in [1.807, 2.05) is 12.1 Å². The first kappa shape index (κ1) is 10.5. The fraction of sp³-hybridized carbons (Fsp3) is 0.455. The Morgan fingerprint density at radius 2 is 2.14 bits per heavy atom. The zero-order valence-electron chi connectivity index (χ0n) is 8.78. The second-order valence-electron chi connectivity index (χ2n) is 3.72. The van der Waals surface area contributed by atoms with Crippen LogP contribution in [-0.4, -0.2) is 11.0 Å². The Balaban J connectivity index is 2.73. The molecule has 0 fully saturated rings. The fourth-order valence-electron chi connectivity index (χ4n) is 1.01. The lowest BCUT2D eigenvalue weighted by Gasteiger charge is -2.18. The molecule has 1 aromatic heterocycles. The van der Waals surface area contributed by atoms with Crippen molar-refractivity contribution in [2.45, 2.75) is 26.8 Å². The second-order valence-corrected chi connectivity index (χ2v) is 3.72. The third kappa shape index (κ3) is 2.74. The van der Waals surface area contributed by atoms with E-state index in [2.05, 4.69) is 31.1 Å². The highest BCUT2D eigenvalue weighted by molar-refractivity contribution is 5.46. The van der Waals surface area contributed by atoms with Crippen molar-refractivity contribution >= 4 is 5.69 Å². The minimum absolute atomic E-state index is 0.393. The van der Waals surface area contributed by atoms with Crippen molar-refractivity contribution in [1.29, 1.82) is 5.26 Å². The van der Waals surface area contributed by atoms with Crippen LogP contribution in [0.3, 0.4) is 0 Å². The number of hydrogen-bond donors (Lipinski definition) is 1. The number of hydrogen-bond acceptors (Lipinski definition) is 3. The van der Waals surface area contributed by atoms with Gasteiger partial charge >= 0.3 is 0 Å². The highest BCUT2D eigenvalue weighted by Crippen LogP contribution is 2.12. The van der Waals surface area contributed by atoms with Crippen LogP contribution in [0.5, 0.6) is 0 Å². The summed E-state index contributed by atoms with van der Waals surface area (Å²) in [5, 5.41) is 12.0. The van der Waals surface area contributed by atoms with Crippen LogP contribution in [-0.2, 0) is 0 Å². The third-order valence-corrected chi connectivity index (χ3v) is 2.27.